The summed E-state index contributed by atoms with van der Waals surface area (Å²) in [7, 11) is 2.12. The van der Waals surface area contributed by atoms with E-state index in [9.17, 15) is 0 Å². The van der Waals surface area contributed by atoms with Gasteiger partial charge in [0.2, 0.25) is 0 Å². The molecule has 1 aromatic rings. The molecule has 1 aliphatic carbocycles. The van der Waals surface area contributed by atoms with Crippen LogP contribution >= 0.6 is 0 Å². The van der Waals surface area contributed by atoms with Crippen LogP contribution in [-0.4, -0.2) is 7.05 Å². The summed E-state index contributed by atoms with van der Waals surface area (Å²) in [5.74, 6) is 2.56. The Hall–Kier alpha value is -0.820. The predicted molar refractivity (Wildman–Crippen MR) is 83.3 cm³/mol. The Bertz CT molecular complexity index is 398. The van der Waals surface area contributed by atoms with Gasteiger partial charge < -0.3 is 5.32 Å². The van der Waals surface area contributed by atoms with Crippen molar-refractivity contribution in [1.29, 1.82) is 0 Å². The molecule has 1 aromatic carbocycles. The van der Waals surface area contributed by atoms with Crippen molar-refractivity contribution in [3.8, 4) is 0 Å². The summed E-state index contributed by atoms with van der Waals surface area (Å²) >= 11 is 0. The van der Waals surface area contributed by atoms with Gasteiger partial charge in [-0.25, -0.2) is 0 Å². The second kappa shape index (κ2) is 6.56. The van der Waals surface area contributed by atoms with Gasteiger partial charge in [0.05, 0.1) is 0 Å². The van der Waals surface area contributed by atoms with Gasteiger partial charge in [-0.2, -0.15) is 0 Å². The standard InChI is InChI=1S/C18H29N/c1-5-15-8-6-7-9-17(15)18(19-4)16-11-10-13(2)14(3)12-16/h6-9,13-14,16,18-19H,5,10-12H2,1-4H3. The van der Waals surface area contributed by atoms with E-state index in [2.05, 4.69) is 57.4 Å². The molecule has 4 unspecified atom stereocenters. The molecule has 1 fully saturated rings. The highest BCUT2D eigenvalue weighted by atomic mass is 14.9. The van der Waals surface area contributed by atoms with Crippen LogP contribution in [0.3, 0.4) is 0 Å². The van der Waals surface area contributed by atoms with E-state index < -0.39 is 0 Å². The monoisotopic (exact) mass is 259 g/mol. The molecule has 4 atom stereocenters. The van der Waals surface area contributed by atoms with Crippen LogP contribution < -0.4 is 5.32 Å². The molecule has 0 saturated heterocycles. The Kier molecular flexibility index (Phi) is 5.04. The lowest BCUT2D eigenvalue weighted by atomic mass is 9.71. The maximum atomic E-state index is 3.60. The number of aryl methyl sites for hydroxylation is 1. The number of rotatable bonds is 4. The number of hydrogen-bond acceptors (Lipinski definition) is 1. The quantitative estimate of drug-likeness (QED) is 0.834. The zero-order chi connectivity index (χ0) is 13.8. The van der Waals surface area contributed by atoms with E-state index >= 15 is 0 Å². The van der Waals surface area contributed by atoms with Crippen molar-refractivity contribution in [2.75, 3.05) is 7.05 Å². The summed E-state index contributed by atoms with van der Waals surface area (Å²) in [5.41, 5.74) is 3.03. The van der Waals surface area contributed by atoms with Crippen LogP contribution in [0.25, 0.3) is 0 Å². The van der Waals surface area contributed by atoms with Gasteiger partial charge in [-0.15, -0.1) is 0 Å². The minimum atomic E-state index is 0.533. The van der Waals surface area contributed by atoms with Gasteiger partial charge in [0.1, 0.15) is 0 Å². The van der Waals surface area contributed by atoms with Crippen molar-refractivity contribution in [3.05, 3.63) is 35.4 Å². The Balaban J connectivity index is 2.20. The molecule has 2 rings (SSSR count). The Morgan fingerprint density at radius 1 is 1.16 bits per heavy atom. The van der Waals surface area contributed by atoms with Gasteiger partial charge in [0.25, 0.3) is 0 Å². The Labute approximate surface area is 118 Å². The van der Waals surface area contributed by atoms with E-state index in [4.69, 9.17) is 0 Å². The van der Waals surface area contributed by atoms with Gasteiger partial charge in [-0.05, 0) is 55.2 Å². The van der Waals surface area contributed by atoms with E-state index in [0.29, 0.717) is 6.04 Å². The van der Waals surface area contributed by atoms with Crippen molar-refractivity contribution in [1.82, 2.24) is 5.32 Å². The molecule has 1 N–H and O–H groups in total. The molecule has 19 heavy (non-hydrogen) atoms. The van der Waals surface area contributed by atoms with Crippen LogP contribution in [0.15, 0.2) is 24.3 Å². The summed E-state index contributed by atoms with van der Waals surface area (Å²) < 4.78 is 0. The minimum absolute atomic E-state index is 0.533. The fraction of sp³-hybridized carbons (Fsp3) is 0.667. The lowest BCUT2D eigenvalue weighted by molar-refractivity contribution is 0.174. The van der Waals surface area contributed by atoms with Gasteiger partial charge in [0.15, 0.2) is 0 Å². The molecule has 106 valence electrons. The van der Waals surface area contributed by atoms with Crippen molar-refractivity contribution < 1.29 is 0 Å². The molecule has 1 aliphatic rings. The maximum Gasteiger partial charge on any atom is 0.0348 e. The summed E-state index contributed by atoms with van der Waals surface area (Å²) in [6.45, 7) is 7.10. The average Bonchev–Trinajstić information content (AvgIpc) is 2.44. The fourth-order valence-corrected chi connectivity index (χ4v) is 3.70. The number of nitrogens with one attached hydrogen (secondary N) is 1. The largest absolute Gasteiger partial charge is 0.313 e. The second-order valence-electron chi connectivity index (χ2n) is 6.35. The fourth-order valence-electron chi connectivity index (χ4n) is 3.70. The van der Waals surface area contributed by atoms with Crippen LogP contribution in [0, 0.1) is 17.8 Å². The van der Waals surface area contributed by atoms with E-state index in [-0.39, 0.29) is 0 Å². The van der Waals surface area contributed by atoms with E-state index in [1.54, 1.807) is 0 Å². The number of benzene rings is 1. The van der Waals surface area contributed by atoms with Crippen molar-refractivity contribution in [2.24, 2.45) is 17.8 Å². The Morgan fingerprint density at radius 2 is 1.89 bits per heavy atom. The van der Waals surface area contributed by atoms with E-state index in [1.807, 2.05) is 0 Å². The molecule has 1 nitrogen and oxygen atoms in total. The van der Waals surface area contributed by atoms with Gasteiger partial charge in [0, 0.05) is 6.04 Å². The molecule has 1 saturated carbocycles. The second-order valence-corrected chi connectivity index (χ2v) is 6.35. The lowest BCUT2D eigenvalue weighted by Crippen LogP contribution is -2.32. The third-order valence-corrected chi connectivity index (χ3v) is 5.19. The molecule has 0 aromatic heterocycles. The van der Waals surface area contributed by atoms with Gasteiger partial charge in [-0.3, -0.25) is 0 Å². The van der Waals surface area contributed by atoms with E-state index in [0.717, 1.165) is 24.2 Å². The molecule has 0 amide bonds. The van der Waals surface area contributed by atoms with E-state index in [1.165, 1.54) is 30.4 Å². The van der Waals surface area contributed by atoms with Gasteiger partial charge in [-0.1, -0.05) is 51.5 Å². The first kappa shape index (κ1) is 14.6. The van der Waals surface area contributed by atoms with Crippen molar-refractivity contribution >= 4 is 0 Å². The van der Waals surface area contributed by atoms with Crippen LogP contribution in [0.4, 0.5) is 0 Å². The highest BCUT2D eigenvalue weighted by Crippen LogP contribution is 2.40. The molecule has 0 bridgehead atoms. The predicted octanol–water partition coefficient (Wildman–Crippen LogP) is 4.58. The highest BCUT2D eigenvalue weighted by molar-refractivity contribution is 5.30. The molecule has 1 heteroatoms. The van der Waals surface area contributed by atoms with Crippen LogP contribution in [0.2, 0.25) is 0 Å². The maximum absolute atomic E-state index is 3.60. The van der Waals surface area contributed by atoms with Crippen LogP contribution in [0.5, 0.6) is 0 Å². The smallest absolute Gasteiger partial charge is 0.0348 e. The van der Waals surface area contributed by atoms with Crippen LogP contribution in [-0.2, 0) is 6.42 Å². The molecule has 0 aliphatic heterocycles. The number of hydrogen-bond donors (Lipinski definition) is 1. The summed E-state index contributed by atoms with van der Waals surface area (Å²) in [5, 5.41) is 3.60. The molecule has 0 spiro atoms. The molecule has 0 radical (unpaired) electrons. The molecule has 0 heterocycles. The summed E-state index contributed by atoms with van der Waals surface area (Å²) in [6.07, 6.45) is 5.26. The zero-order valence-corrected chi connectivity index (χ0v) is 12.9. The lowest BCUT2D eigenvalue weighted by Gasteiger charge is -2.37. The normalized spacial score (nSPS) is 29.2. The zero-order valence-electron chi connectivity index (χ0n) is 12.9. The topological polar surface area (TPSA) is 12.0 Å². The Morgan fingerprint density at radius 3 is 2.53 bits per heavy atom. The molecular formula is C18H29N. The first-order valence-electron chi connectivity index (χ1n) is 7.92. The van der Waals surface area contributed by atoms with Gasteiger partial charge >= 0.3 is 0 Å². The summed E-state index contributed by atoms with van der Waals surface area (Å²) in [4.78, 5) is 0. The minimum Gasteiger partial charge on any atom is -0.313 e. The third kappa shape index (κ3) is 3.20. The van der Waals surface area contributed by atoms with Crippen molar-refractivity contribution in [3.63, 3.8) is 0 Å². The first-order valence-corrected chi connectivity index (χ1v) is 7.92. The average molecular weight is 259 g/mol. The highest BCUT2D eigenvalue weighted by Gasteiger charge is 2.30. The third-order valence-electron chi connectivity index (χ3n) is 5.19. The summed E-state index contributed by atoms with van der Waals surface area (Å²) in [6, 6.07) is 9.50. The molecular weight excluding hydrogens is 230 g/mol. The van der Waals surface area contributed by atoms with Crippen LogP contribution in [0.1, 0.15) is 57.2 Å². The van der Waals surface area contributed by atoms with Crippen molar-refractivity contribution in [2.45, 2.75) is 52.5 Å². The first-order chi connectivity index (χ1) is 9.17. The SMILES string of the molecule is CCc1ccccc1C(NC)C1CCC(C)C(C)C1.